The van der Waals surface area contributed by atoms with Crippen molar-refractivity contribution in [3.8, 4) is 0 Å². The monoisotopic (exact) mass is 266 g/mol. The highest BCUT2D eigenvalue weighted by atomic mass is 35.5. The molecule has 1 N–H and O–H groups in total. The van der Waals surface area contributed by atoms with Gasteiger partial charge >= 0.3 is 5.97 Å². The van der Waals surface area contributed by atoms with Gasteiger partial charge in [-0.25, -0.2) is 0 Å². The minimum Gasteiger partial charge on any atom is -0.481 e. The Morgan fingerprint density at radius 3 is 2.89 bits per heavy atom. The molecule has 96 valence electrons. The van der Waals surface area contributed by atoms with Gasteiger partial charge in [0.05, 0.1) is 12.0 Å². The van der Waals surface area contributed by atoms with Gasteiger partial charge in [0, 0.05) is 12.1 Å². The quantitative estimate of drug-likeness (QED) is 0.854. The van der Waals surface area contributed by atoms with E-state index >= 15 is 0 Å². The van der Waals surface area contributed by atoms with Crippen LogP contribution >= 0.6 is 11.6 Å². The third-order valence-electron chi connectivity index (χ3n) is 3.21. The molecule has 0 saturated heterocycles. The molecule has 0 saturated carbocycles. The minimum absolute atomic E-state index is 0.0238. The number of halogens is 1. The largest absolute Gasteiger partial charge is 0.481 e. The van der Waals surface area contributed by atoms with Crippen LogP contribution in [-0.4, -0.2) is 24.3 Å². The van der Waals surface area contributed by atoms with Crippen molar-refractivity contribution in [2.75, 3.05) is 7.11 Å². The van der Waals surface area contributed by atoms with E-state index in [1.54, 1.807) is 7.11 Å². The summed E-state index contributed by atoms with van der Waals surface area (Å²) in [5.41, 5.74) is 1.60. The fourth-order valence-corrected chi connectivity index (χ4v) is 2.54. The average Bonchev–Trinajstić information content (AvgIpc) is 2.38. The van der Waals surface area contributed by atoms with E-state index in [0.29, 0.717) is 11.5 Å². The molecule has 2 aliphatic rings. The van der Waals surface area contributed by atoms with Gasteiger partial charge in [0.1, 0.15) is 0 Å². The second-order valence-corrected chi connectivity index (χ2v) is 4.73. The molecule has 0 radical (unpaired) electrons. The molecule has 18 heavy (non-hydrogen) atoms. The number of carbonyl (C=O) groups is 1. The number of rotatable bonds is 3. The van der Waals surface area contributed by atoms with E-state index < -0.39 is 11.9 Å². The Bertz CT molecular complexity index is 471. The molecule has 0 fully saturated rings. The lowest BCUT2D eigenvalue weighted by Gasteiger charge is -2.24. The molecule has 0 bridgehead atoms. The van der Waals surface area contributed by atoms with Crippen LogP contribution in [0.15, 0.2) is 46.6 Å². The van der Waals surface area contributed by atoms with Crippen LogP contribution in [0.2, 0.25) is 0 Å². The summed E-state index contributed by atoms with van der Waals surface area (Å²) in [7, 11) is 1.63. The van der Waals surface area contributed by atoms with Crippen LogP contribution in [0.4, 0.5) is 0 Å². The standard InChI is InChI=1S/C14H15ClO3/c1-18-9-6-7-11(13(15)8-9)10-4-2-3-5-12(10)14(16)17/h2-4,7-9,12H,5-6H2,1H3,(H,16,17). The first kappa shape index (κ1) is 13.1. The summed E-state index contributed by atoms with van der Waals surface area (Å²) in [4.78, 5) is 11.2. The first-order valence-corrected chi connectivity index (χ1v) is 6.21. The summed E-state index contributed by atoms with van der Waals surface area (Å²) in [6.07, 6.45) is 10.6. The molecule has 2 aliphatic carbocycles. The van der Waals surface area contributed by atoms with Gasteiger partial charge in [0.15, 0.2) is 0 Å². The molecule has 3 nitrogen and oxygen atoms in total. The molecule has 2 unspecified atom stereocenters. The van der Waals surface area contributed by atoms with Gasteiger partial charge in [-0.2, -0.15) is 0 Å². The van der Waals surface area contributed by atoms with Gasteiger partial charge in [-0.05, 0) is 30.1 Å². The van der Waals surface area contributed by atoms with Gasteiger partial charge in [0.2, 0.25) is 0 Å². The van der Waals surface area contributed by atoms with Crippen LogP contribution in [0.25, 0.3) is 0 Å². The number of allylic oxidation sites excluding steroid dienone is 5. The second-order valence-electron chi connectivity index (χ2n) is 4.32. The van der Waals surface area contributed by atoms with Gasteiger partial charge in [-0.15, -0.1) is 0 Å². The van der Waals surface area contributed by atoms with E-state index in [1.807, 2.05) is 30.4 Å². The van der Waals surface area contributed by atoms with Gasteiger partial charge in [-0.1, -0.05) is 35.9 Å². The number of carboxylic acid groups (broad SMARTS) is 1. The van der Waals surface area contributed by atoms with Crippen molar-refractivity contribution in [2.45, 2.75) is 18.9 Å². The predicted molar refractivity (Wildman–Crippen MR) is 70.4 cm³/mol. The number of ether oxygens (including phenoxy) is 1. The number of hydrogen-bond donors (Lipinski definition) is 1. The topological polar surface area (TPSA) is 46.5 Å². The Kier molecular flexibility index (Phi) is 4.04. The first-order valence-electron chi connectivity index (χ1n) is 5.84. The zero-order chi connectivity index (χ0) is 13.1. The number of methoxy groups -OCH3 is 1. The van der Waals surface area contributed by atoms with Gasteiger partial charge in [0.25, 0.3) is 0 Å². The predicted octanol–water partition coefficient (Wildman–Crippen LogP) is 3.04. The maximum atomic E-state index is 11.2. The Morgan fingerprint density at radius 1 is 1.50 bits per heavy atom. The molecule has 0 spiro atoms. The number of aliphatic carboxylic acids is 1. The molecular formula is C14H15ClO3. The summed E-state index contributed by atoms with van der Waals surface area (Å²) in [6.45, 7) is 0. The molecular weight excluding hydrogens is 252 g/mol. The number of carboxylic acids is 1. The summed E-state index contributed by atoms with van der Waals surface area (Å²) in [5.74, 6) is -1.33. The zero-order valence-corrected chi connectivity index (χ0v) is 10.9. The van der Waals surface area contributed by atoms with Crippen LogP contribution in [0.1, 0.15) is 12.8 Å². The highest BCUT2D eigenvalue weighted by molar-refractivity contribution is 6.32. The summed E-state index contributed by atoms with van der Waals surface area (Å²) in [5, 5.41) is 9.80. The van der Waals surface area contributed by atoms with Crippen molar-refractivity contribution in [2.24, 2.45) is 5.92 Å². The zero-order valence-electron chi connectivity index (χ0n) is 10.1. The Balaban J connectivity index is 2.29. The molecule has 2 rings (SSSR count). The molecule has 2 atom stereocenters. The number of hydrogen-bond acceptors (Lipinski definition) is 2. The fourth-order valence-electron chi connectivity index (χ4n) is 2.21. The Morgan fingerprint density at radius 2 is 2.28 bits per heavy atom. The summed E-state index contributed by atoms with van der Waals surface area (Å²) in [6, 6.07) is 0. The Hall–Kier alpha value is -1.32. The Labute approximate surface area is 111 Å². The third kappa shape index (κ3) is 2.57. The third-order valence-corrected chi connectivity index (χ3v) is 3.54. The van der Waals surface area contributed by atoms with Gasteiger partial charge < -0.3 is 9.84 Å². The van der Waals surface area contributed by atoms with Crippen molar-refractivity contribution in [1.82, 2.24) is 0 Å². The van der Waals surface area contributed by atoms with Crippen LogP contribution in [0, 0.1) is 5.92 Å². The minimum atomic E-state index is -0.815. The van der Waals surface area contributed by atoms with Crippen molar-refractivity contribution >= 4 is 17.6 Å². The van der Waals surface area contributed by atoms with E-state index in [2.05, 4.69) is 0 Å². The molecule has 0 aliphatic heterocycles. The van der Waals surface area contributed by atoms with Crippen molar-refractivity contribution in [3.05, 3.63) is 46.6 Å². The van der Waals surface area contributed by atoms with Crippen LogP contribution in [-0.2, 0) is 9.53 Å². The highest BCUT2D eigenvalue weighted by Crippen LogP contribution is 2.35. The SMILES string of the molecule is COC1C=C(Cl)C(C2=CC=CCC2C(=O)O)=CC1. The first-order chi connectivity index (χ1) is 8.63. The van der Waals surface area contributed by atoms with E-state index in [1.165, 1.54) is 0 Å². The lowest BCUT2D eigenvalue weighted by Crippen LogP contribution is -2.20. The normalized spacial score (nSPS) is 27.3. The molecule has 4 heteroatoms. The van der Waals surface area contributed by atoms with Gasteiger partial charge in [-0.3, -0.25) is 4.79 Å². The highest BCUT2D eigenvalue weighted by Gasteiger charge is 2.27. The lowest BCUT2D eigenvalue weighted by atomic mass is 9.84. The average molecular weight is 267 g/mol. The molecule has 0 amide bonds. The van der Waals surface area contributed by atoms with E-state index in [0.717, 1.165) is 17.6 Å². The van der Waals surface area contributed by atoms with Crippen LogP contribution < -0.4 is 0 Å². The van der Waals surface area contributed by atoms with E-state index in [-0.39, 0.29) is 6.10 Å². The van der Waals surface area contributed by atoms with Crippen LogP contribution in [0.3, 0.4) is 0 Å². The van der Waals surface area contributed by atoms with Crippen molar-refractivity contribution in [1.29, 1.82) is 0 Å². The second kappa shape index (κ2) is 5.55. The van der Waals surface area contributed by atoms with E-state index in [4.69, 9.17) is 16.3 Å². The van der Waals surface area contributed by atoms with Crippen LogP contribution in [0.5, 0.6) is 0 Å². The molecule has 0 aromatic heterocycles. The van der Waals surface area contributed by atoms with Crippen molar-refractivity contribution in [3.63, 3.8) is 0 Å². The summed E-state index contributed by atoms with van der Waals surface area (Å²) >= 11 is 6.21. The lowest BCUT2D eigenvalue weighted by molar-refractivity contribution is -0.140. The summed E-state index contributed by atoms with van der Waals surface area (Å²) < 4.78 is 5.22. The maximum absolute atomic E-state index is 11.2. The van der Waals surface area contributed by atoms with Crippen molar-refractivity contribution < 1.29 is 14.6 Å². The molecule has 0 aromatic rings. The molecule has 0 heterocycles. The fraction of sp³-hybridized carbons (Fsp3) is 0.357. The smallest absolute Gasteiger partial charge is 0.311 e. The molecule has 0 aromatic carbocycles. The van der Waals surface area contributed by atoms with E-state index in [9.17, 15) is 9.90 Å². The maximum Gasteiger partial charge on any atom is 0.311 e.